The zero-order valence-corrected chi connectivity index (χ0v) is 10.2. The molecule has 1 aromatic rings. The third-order valence-electron chi connectivity index (χ3n) is 2.27. The molecule has 0 saturated heterocycles. The number of hydrogen-bond acceptors (Lipinski definition) is 5. The molecule has 0 aliphatic rings. The molecule has 96 valence electrons. The van der Waals surface area contributed by atoms with Crippen LogP contribution < -0.4 is 10.5 Å². The lowest BCUT2D eigenvalue weighted by Gasteiger charge is -2.16. The summed E-state index contributed by atoms with van der Waals surface area (Å²) in [6.45, 7) is 0.654. The quantitative estimate of drug-likeness (QED) is 0.518. The first-order valence-corrected chi connectivity index (χ1v) is 6.50. The molecule has 0 aliphatic carbocycles. The highest BCUT2D eigenvalue weighted by Crippen LogP contribution is 2.22. The lowest BCUT2D eigenvalue weighted by Crippen LogP contribution is -2.40. The van der Waals surface area contributed by atoms with Crippen molar-refractivity contribution in [2.75, 3.05) is 18.9 Å². The van der Waals surface area contributed by atoms with Crippen LogP contribution in [-0.4, -0.2) is 37.9 Å². The van der Waals surface area contributed by atoms with Gasteiger partial charge in [0.05, 0.1) is 24.9 Å². The first-order chi connectivity index (χ1) is 7.92. The van der Waals surface area contributed by atoms with E-state index in [0.717, 1.165) is 0 Å². The van der Waals surface area contributed by atoms with E-state index in [1.165, 1.54) is 6.07 Å². The van der Waals surface area contributed by atoms with E-state index < -0.39 is 29.3 Å². The minimum absolute atomic E-state index is 0.0214. The molecule has 0 atom stereocenters. The van der Waals surface area contributed by atoms with Crippen LogP contribution in [0.1, 0.15) is 5.56 Å². The maximum atomic E-state index is 12.0. The van der Waals surface area contributed by atoms with E-state index in [4.69, 9.17) is 15.9 Å². The molecular formula is C10H16N2O4S. The zero-order chi connectivity index (χ0) is 13.1. The van der Waals surface area contributed by atoms with E-state index in [9.17, 15) is 8.42 Å². The highest BCUT2D eigenvalue weighted by atomic mass is 32.2. The van der Waals surface area contributed by atoms with Gasteiger partial charge < -0.3 is 15.9 Å². The van der Waals surface area contributed by atoms with Crippen LogP contribution in [0.2, 0.25) is 0 Å². The van der Waals surface area contributed by atoms with E-state index in [2.05, 4.69) is 4.72 Å². The summed E-state index contributed by atoms with van der Waals surface area (Å²) >= 11 is 0. The van der Waals surface area contributed by atoms with Gasteiger partial charge in [-0.05, 0) is 18.6 Å². The normalized spacial score (nSPS) is 12.0. The number of nitrogens with one attached hydrogen (secondary N) is 1. The van der Waals surface area contributed by atoms with Crippen molar-refractivity contribution >= 4 is 15.7 Å². The smallest absolute Gasteiger partial charge is 0.243 e. The number of sulfonamides is 1. The summed E-state index contributed by atoms with van der Waals surface area (Å²) in [4.78, 5) is -0.0214. The average Bonchev–Trinajstić information content (AvgIpc) is 2.25. The van der Waals surface area contributed by atoms with E-state index in [-0.39, 0.29) is 10.6 Å². The van der Waals surface area contributed by atoms with Crippen LogP contribution >= 0.6 is 0 Å². The molecule has 7 heteroatoms. The number of anilines is 1. The van der Waals surface area contributed by atoms with Crippen LogP contribution in [0.15, 0.2) is 23.1 Å². The first-order valence-electron chi connectivity index (χ1n) is 5.01. The lowest BCUT2D eigenvalue weighted by molar-refractivity contribution is 0.185. The number of nitrogen functional groups attached to an aromatic ring is 1. The second kappa shape index (κ2) is 5.46. The molecule has 0 amide bonds. The van der Waals surface area contributed by atoms with Crippen molar-refractivity contribution in [1.82, 2.24) is 4.72 Å². The predicted octanol–water partition coefficient (Wildman–Crippen LogP) is -0.791. The number of aliphatic hydroxyl groups excluding tert-OH is 2. The van der Waals surface area contributed by atoms with Gasteiger partial charge in [-0.2, -0.15) is 0 Å². The third-order valence-corrected chi connectivity index (χ3v) is 4.01. The van der Waals surface area contributed by atoms with Crippen LogP contribution in [0.4, 0.5) is 5.69 Å². The van der Waals surface area contributed by atoms with Crippen LogP contribution in [0.25, 0.3) is 0 Å². The summed E-state index contributed by atoms with van der Waals surface area (Å²) in [7, 11) is -3.84. The predicted molar refractivity (Wildman–Crippen MR) is 63.9 cm³/mol. The Hall–Kier alpha value is -1.15. The summed E-state index contributed by atoms with van der Waals surface area (Å²) in [6.07, 6.45) is 0. The lowest BCUT2D eigenvalue weighted by atomic mass is 10.2. The van der Waals surface area contributed by atoms with Gasteiger partial charge in [0.1, 0.15) is 4.90 Å². The molecule has 0 unspecified atom stereocenters. The fourth-order valence-electron chi connectivity index (χ4n) is 1.45. The molecule has 6 nitrogen and oxygen atoms in total. The zero-order valence-electron chi connectivity index (χ0n) is 9.42. The number of benzene rings is 1. The van der Waals surface area contributed by atoms with Crippen molar-refractivity contribution in [2.24, 2.45) is 0 Å². The van der Waals surface area contributed by atoms with Crippen LogP contribution in [0.5, 0.6) is 0 Å². The van der Waals surface area contributed by atoms with E-state index >= 15 is 0 Å². The third kappa shape index (κ3) is 3.16. The van der Waals surface area contributed by atoms with Crippen molar-refractivity contribution in [1.29, 1.82) is 0 Å². The topological polar surface area (TPSA) is 113 Å². The molecule has 5 N–H and O–H groups in total. The maximum absolute atomic E-state index is 12.0. The summed E-state index contributed by atoms with van der Waals surface area (Å²) in [6, 6.07) is 3.82. The van der Waals surface area contributed by atoms with Crippen molar-refractivity contribution < 1.29 is 18.6 Å². The fourth-order valence-corrected chi connectivity index (χ4v) is 3.03. The van der Waals surface area contributed by atoms with Crippen molar-refractivity contribution in [3.8, 4) is 0 Å². The molecule has 1 aromatic carbocycles. The molecule has 0 aromatic heterocycles. The second-order valence-corrected chi connectivity index (χ2v) is 5.33. The molecule has 0 aliphatic heterocycles. The highest BCUT2D eigenvalue weighted by Gasteiger charge is 2.23. The number of aliphatic hydroxyl groups is 2. The molecule has 17 heavy (non-hydrogen) atoms. The Morgan fingerprint density at radius 2 is 1.94 bits per heavy atom. The minimum atomic E-state index is -3.84. The minimum Gasteiger partial charge on any atom is -0.398 e. The van der Waals surface area contributed by atoms with Gasteiger partial charge in [-0.1, -0.05) is 12.1 Å². The molecule has 1 rings (SSSR count). The van der Waals surface area contributed by atoms with Gasteiger partial charge >= 0.3 is 0 Å². The van der Waals surface area contributed by atoms with Gasteiger partial charge in [0, 0.05) is 0 Å². The second-order valence-electron chi connectivity index (χ2n) is 3.68. The molecule has 0 heterocycles. The Labute approximate surface area is 100 Å². The summed E-state index contributed by atoms with van der Waals surface area (Å²) in [5, 5.41) is 17.7. The highest BCUT2D eigenvalue weighted by molar-refractivity contribution is 7.89. The van der Waals surface area contributed by atoms with E-state index in [1.54, 1.807) is 19.1 Å². The number of hydrogen-bond donors (Lipinski definition) is 4. The standard InChI is InChI=1S/C10H16N2O4S/c1-7-3-2-4-9(11)10(7)17(15,16)12-8(5-13)6-14/h2-4,8,12-14H,5-6,11H2,1H3. The largest absolute Gasteiger partial charge is 0.398 e. The molecule has 0 bridgehead atoms. The van der Waals surface area contributed by atoms with Crippen molar-refractivity contribution in [3.63, 3.8) is 0 Å². The molecule has 0 fully saturated rings. The number of nitrogens with two attached hydrogens (primary N) is 1. The van der Waals surface area contributed by atoms with Crippen LogP contribution in [0.3, 0.4) is 0 Å². The number of aryl methyl sites for hydroxylation is 1. The van der Waals surface area contributed by atoms with Crippen LogP contribution in [-0.2, 0) is 10.0 Å². The van der Waals surface area contributed by atoms with Gasteiger partial charge in [-0.15, -0.1) is 0 Å². The summed E-state index contributed by atoms with van der Waals surface area (Å²) < 4.78 is 26.2. The van der Waals surface area contributed by atoms with Gasteiger partial charge in [0.2, 0.25) is 10.0 Å². The molecular weight excluding hydrogens is 244 g/mol. The SMILES string of the molecule is Cc1cccc(N)c1S(=O)(=O)NC(CO)CO. The maximum Gasteiger partial charge on any atom is 0.243 e. The van der Waals surface area contributed by atoms with Gasteiger partial charge in [-0.25, -0.2) is 13.1 Å². The summed E-state index contributed by atoms with van der Waals surface area (Å²) in [5.41, 5.74) is 6.26. The monoisotopic (exact) mass is 260 g/mol. The Morgan fingerprint density at radius 1 is 1.35 bits per heavy atom. The molecule has 0 saturated carbocycles. The van der Waals surface area contributed by atoms with E-state index in [1.807, 2.05) is 0 Å². The van der Waals surface area contributed by atoms with Crippen molar-refractivity contribution in [3.05, 3.63) is 23.8 Å². The Balaban J connectivity index is 3.14. The van der Waals surface area contributed by atoms with Crippen LogP contribution in [0, 0.1) is 6.92 Å². The summed E-state index contributed by atoms with van der Waals surface area (Å²) in [5.74, 6) is 0. The van der Waals surface area contributed by atoms with E-state index in [0.29, 0.717) is 5.56 Å². The van der Waals surface area contributed by atoms with Gasteiger partial charge in [-0.3, -0.25) is 0 Å². The molecule has 0 spiro atoms. The first kappa shape index (κ1) is 13.9. The van der Waals surface area contributed by atoms with Gasteiger partial charge in [0.15, 0.2) is 0 Å². The Kier molecular flexibility index (Phi) is 4.47. The Bertz CT molecular complexity index is 463. The molecule has 0 radical (unpaired) electrons. The average molecular weight is 260 g/mol. The Morgan fingerprint density at radius 3 is 2.41 bits per heavy atom. The van der Waals surface area contributed by atoms with Gasteiger partial charge in [0.25, 0.3) is 0 Å². The fraction of sp³-hybridized carbons (Fsp3) is 0.400. The number of rotatable bonds is 5. The van der Waals surface area contributed by atoms with Crippen molar-refractivity contribution in [2.45, 2.75) is 17.9 Å².